The molecule has 2 aromatic heterocycles. The second kappa shape index (κ2) is 7.19. The van der Waals surface area contributed by atoms with Crippen molar-refractivity contribution < 1.29 is 4.74 Å². The highest BCUT2D eigenvalue weighted by Crippen LogP contribution is 2.19. The summed E-state index contributed by atoms with van der Waals surface area (Å²) in [7, 11) is 1.63. The number of nitrogens with zero attached hydrogens (tertiary/aromatic N) is 3. The van der Waals surface area contributed by atoms with Crippen LogP contribution in [0.1, 0.15) is 16.8 Å². The number of ether oxygens (including phenoxy) is 1. The Morgan fingerprint density at radius 1 is 1.11 bits per heavy atom. The van der Waals surface area contributed by atoms with E-state index in [2.05, 4.69) is 27.3 Å². The minimum Gasteiger partial charge on any atom is -0.497 e. The molecular weight excluding hydrogens is 354 g/mol. The van der Waals surface area contributed by atoms with Crippen LogP contribution < -0.4 is 15.6 Å². The van der Waals surface area contributed by atoms with Crippen LogP contribution in [0.15, 0.2) is 53.3 Å². The lowest BCUT2D eigenvalue weighted by Gasteiger charge is -2.08. The molecule has 7 heteroatoms. The number of aromatic amines is 1. The van der Waals surface area contributed by atoms with Gasteiger partial charge in [0, 0.05) is 29.1 Å². The summed E-state index contributed by atoms with van der Waals surface area (Å²) in [5.41, 5.74) is 4.64. The number of aromatic nitrogens is 4. The third-order valence-electron chi connectivity index (χ3n) is 4.70. The lowest BCUT2D eigenvalue weighted by atomic mass is 10.1. The van der Waals surface area contributed by atoms with E-state index < -0.39 is 0 Å². The number of hydrogen-bond donors (Lipinski definition) is 2. The van der Waals surface area contributed by atoms with E-state index in [-0.39, 0.29) is 5.56 Å². The van der Waals surface area contributed by atoms with Crippen LogP contribution in [-0.4, -0.2) is 26.7 Å². The van der Waals surface area contributed by atoms with Gasteiger partial charge < -0.3 is 15.0 Å². The van der Waals surface area contributed by atoms with Crippen LogP contribution in [0.5, 0.6) is 5.75 Å². The van der Waals surface area contributed by atoms with Crippen LogP contribution in [0.3, 0.4) is 0 Å². The molecule has 4 rings (SSSR count). The first-order valence-corrected chi connectivity index (χ1v) is 8.98. The second-order valence-electron chi connectivity index (χ2n) is 6.69. The number of anilines is 1. The van der Waals surface area contributed by atoms with Gasteiger partial charge in [0.25, 0.3) is 5.56 Å². The topological polar surface area (TPSA) is 84.3 Å². The summed E-state index contributed by atoms with van der Waals surface area (Å²) < 4.78 is 6.52. The average molecular weight is 375 g/mol. The van der Waals surface area contributed by atoms with E-state index in [1.165, 1.54) is 16.1 Å². The number of benzene rings is 2. The van der Waals surface area contributed by atoms with E-state index in [1.807, 2.05) is 49.4 Å². The maximum atomic E-state index is 12.5. The maximum absolute atomic E-state index is 12.5. The Morgan fingerprint density at radius 2 is 1.96 bits per heavy atom. The summed E-state index contributed by atoms with van der Waals surface area (Å²) >= 11 is 0. The molecule has 28 heavy (non-hydrogen) atoms. The van der Waals surface area contributed by atoms with Crippen molar-refractivity contribution in [1.29, 1.82) is 0 Å². The number of nitrogens with one attached hydrogen (secondary N) is 2. The molecule has 0 aliphatic rings. The van der Waals surface area contributed by atoms with Gasteiger partial charge in [0.05, 0.1) is 13.7 Å². The zero-order valence-corrected chi connectivity index (χ0v) is 16.0. The first-order valence-electron chi connectivity index (χ1n) is 8.98. The van der Waals surface area contributed by atoms with Crippen LogP contribution in [0, 0.1) is 13.8 Å². The molecule has 4 aromatic rings. The molecule has 0 atom stereocenters. The molecule has 7 nitrogen and oxygen atoms in total. The van der Waals surface area contributed by atoms with Gasteiger partial charge in [0.2, 0.25) is 5.78 Å². The van der Waals surface area contributed by atoms with Crippen LogP contribution in [0.25, 0.3) is 17.2 Å². The molecule has 142 valence electrons. The van der Waals surface area contributed by atoms with Crippen LogP contribution >= 0.6 is 0 Å². The van der Waals surface area contributed by atoms with Gasteiger partial charge in [-0.2, -0.15) is 9.50 Å². The minimum atomic E-state index is -0.223. The molecule has 0 unspecified atom stereocenters. The number of hydrogen-bond acceptors (Lipinski definition) is 5. The minimum absolute atomic E-state index is 0.223. The van der Waals surface area contributed by atoms with E-state index >= 15 is 0 Å². The Bertz CT molecular complexity index is 1210. The zero-order valence-electron chi connectivity index (χ0n) is 16.0. The number of fused-ring (bicyclic) bond motifs is 1. The normalized spacial score (nSPS) is 11.0. The lowest BCUT2D eigenvalue weighted by molar-refractivity contribution is 0.415. The molecule has 0 bridgehead atoms. The monoisotopic (exact) mass is 375 g/mol. The summed E-state index contributed by atoms with van der Waals surface area (Å²) in [4.78, 5) is 20.2. The molecule has 0 aliphatic heterocycles. The van der Waals surface area contributed by atoms with Gasteiger partial charge in [-0.1, -0.05) is 18.2 Å². The largest absolute Gasteiger partial charge is 0.497 e. The molecule has 0 radical (unpaired) electrons. The van der Waals surface area contributed by atoms with Gasteiger partial charge in [-0.15, -0.1) is 5.10 Å². The Hall–Kier alpha value is -3.61. The van der Waals surface area contributed by atoms with E-state index in [1.54, 1.807) is 7.11 Å². The van der Waals surface area contributed by atoms with Gasteiger partial charge >= 0.3 is 0 Å². The molecule has 2 aromatic carbocycles. The summed E-state index contributed by atoms with van der Waals surface area (Å²) in [6.07, 6.45) is 0. The quantitative estimate of drug-likeness (QED) is 0.559. The Kier molecular flexibility index (Phi) is 4.57. The third-order valence-corrected chi connectivity index (χ3v) is 4.70. The van der Waals surface area contributed by atoms with Crippen molar-refractivity contribution in [2.45, 2.75) is 20.4 Å². The van der Waals surface area contributed by atoms with Crippen molar-refractivity contribution in [3.8, 4) is 17.1 Å². The SMILES string of the molecule is COc1cccc(NCc2cc(=O)n3nc(-c4ccc(C)c(C)c4)nc3[nH]2)c1. The number of rotatable bonds is 5. The van der Waals surface area contributed by atoms with Crippen molar-refractivity contribution in [3.63, 3.8) is 0 Å². The molecular formula is C21H21N5O2. The Morgan fingerprint density at radius 3 is 2.75 bits per heavy atom. The first kappa shape index (κ1) is 17.8. The Labute approximate surface area is 162 Å². The van der Waals surface area contributed by atoms with Crippen LogP contribution in [-0.2, 0) is 6.54 Å². The van der Waals surface area contributed by atoms with Crippen molar-refractivity contribution in [1.82, 2.24) is 19.6 Å². The Balaban J connectivity index is 1.62. The number of H-pyrrole nitrogens is 1. The molecule has 0 fully saturated rings. The van der Waals surface area contributed by atoms with Gasteiger partial charge in [-0.3, -0.25) is 4.79 Å². The van der Waals surface area contributed by atoms with Gasteiger partial charge in [0.15, 0.2) is 5.82 Å². The van der Waals surface area contributed by atoms with Crippen molar-refractivity contribution >= 4 is 11.5 Å². The van der Waals surface area contributed by atoms with Gasteiger partial charge in [0.1, 0.15) is 5.75 Å². The summed E-state index contributed by atoms with van der Waals surface area (Å²) in [6.45, 7) is 4.55. The number of aryl methyl sites for hydroxylation is 2. The highest BCUT2D eigenvalue weighted by molar-refractivity contribution is 5.59. The zero-order chi connectivity index (χ0) is 19.7. The average Bonchev–Trinajstić information content (AvgIpc) is 3.13. The predicted octanol–water partition coefficient (Wildman–Crippen LogP) is 3.32. The highest BCUT2D eigenvalue weighted by atomic mass is 16.5. The van der Waals surface area contributed by atoms with E-state index in [0.717, 1.165) is 28.3 Å². The third kappa shape index (κ3) is 3.46. The summed E-state index contributed by atoms with van der Waals surface area (Å²) in [5.74, 6) is 1.71. The van der Waals surface area contributed by atoms with Gasteiger partial charge in [-0.25, -0.2) is 0 Å². The smallest absolute Gasteiger partial charge is 0.275 e. The highest BCUT2D eigenvalue weighted by Gasteiger charge is 2.11. The maximum Gasteiger partial charge on any atom is 0.275 e. The molecule has 0 saturated carbocycles. The van der Waals surface area contributed by atoms with E-state index in [9.17, 15) is 4.79 Å². The van der Waals surface area contributed by atoms with E-state index in [4.69, 9.17) is 4.74 Å². The number of methoxy groups -OCH3 is 1. The van der Waals surface area contributed by atoms with Crippen LogP contribution in [0.2, 0.25) is 0 Å². The van der Waals surface area contributed by atoms with Crippen molar-refractivity contribution in [2.75, 3.05) is 12.4 Å². The van der Waals surface area contributed by atoms with E-state index in [0.29, 0.717) is 18.1 Å². The standard InChI is InChI=1S/C21H21N5O2/c1-13-7-8-15(9-14(13)2)20-24-21-23-17(11-19(27)26(21)25-20)12-22-16-5-4-6-18(10-16)28-3/h4-11,22H,12H2,1-3H3,(H,23,24,25). The second-order valence-corrected chi connectivity index (χ2v) is 6.69. The molecule has 0 saturated heterocycles. The molecule has 0 aliphatic carbocycles. The van der Waals surface area contributed by atoms with Crippen molar-refractivity contribution in [3.05, 3.63) is 75.7 Å². The summed E-state index contributed by atoms with van der Waals surface area (Å²) in [6, 6.07) is 15.2. The molecule has 0 spiro atoms. The van der Waals surface area contributed by atoms with Crippen LogP contribution in [0.4, 0.5) is 5.69 Å². The molecule has 2 N–H and O–H groups in total. The fourth-order valence-electron chi connectivity index (χ4n) is 2.96. The molecule has 0 amide bonds. The fraction of sp³-hybridized carbons (Fsp3) is 0.190. The lowest BCUT2D eigenvalue weighted by Crippen LogP contribution is -2.17. The van der Waals surface area contributed by atoms with Gasteiger partial charge in [-0.05, 0) is 43.2 Å². The fourth-order valence-corrected chi connectivity index (χ4v) is 2.96. The molecule has 2 heterocycles. The predicted molar refractivity (Wildman–Crippen MR) is 109 cm³/mol. The van der Waals surface area contributed by atoms with Crippen molar-refractivity contribution in [2.24, 2.45) is 0 Å². The first-order chi connectivity index (χ1) is 13.5. The summed E-state index contributed by atoms with van der Waals surface area (Å²) in [5, 5.41) is 7.63.